The summed E-state index contributed by atoms with van der Waals surface area (Å²) in [4.78, 5) is 12.0. The first-order valence-electron chi connectivity index (χ1n) is 6.90. The Morgan fingerprint density at radius 3 is 2.47 bits per heavy atom. The molecule has 0 aromatic carbocycles. The molecule has 19 heavy (non-hydrogen) atoms. The van der Waals surface area contributed by atoms with Crippen LogP contribution in [-0.4, -0.2) is 17.2 Å². The molecule has 1 aliphatic carbocycles. The van der Waals surface area contributed by atoms with Crippen molar-refractivity contribution < 1.29 is 9.53 Å². The smallest absolute Gasteiger partial charge is 0.408 e. The average Bonchev–Trinajstić information content (AvgIpc) is 2.39. The molecular formula is C15H26N2O2. The van der Waals surface area contributed by atoms with Gasteiger partial charge in [-0.3, -0.25) is 0 Å². The van der Waals surface area contributed by atoms with Gasteiger partial charge in [0.15, 0.2) is 0 Å². The zero-order valence-electron chi connectivity index (χ0n) is 13.0. The van der Waals surface area contributed by atoms with Crippen molar-refractivity contribution in [3.63, 3.8) is 0 Å². The first-order valence-corrected chi connectivity index (χ1v) is 6.90. The van der Waals surface area contributed by atoms with Crippen molar-refractivity contribution in [3.8, 4) is 6.07 Å². The van der Waals surface area contributed by atoms with Gasteiger partial charge < -0.3 is 10.1 Å². The van der Waals surface area contributed by atoms with Gasteiger partial charge in [0.05, 0.1) is 6.07 Å². The van der Waals surface area contributed by atoms with E-state index in [4.69, 9.17) is 10.00 Å². The zero-order valence-corrected chi connectivity index (χ0v) is 13.0. The molecule has 0 spiro atoms. The standard InChI is InChI=1S/C15H26N2O2/c1-13(2,3)19-12(18)17-15(6)9-7-11(8-10-16)14(15,4)5/h11H,7-9H2,1-6H3,(H,17,18)/t11-,15-/m0/s1. The van der Waals surface area contributed by atoms with E-state index < -0.39 is 5.60 Å². The molecule has 1 N–H and O–H groups in total. The van der Waals surface area contributed by atoms with Gasteiger partial charge >= 0.3 is 6.09 Å². The summed E-state index contributed by atoms with van der Waals surface area (Å²) >= 11 is 0. The van der Waals surface area contributed by atoms with Crippen molar-refractivity contribution in [2.24, 2.45) is 11.3 Å². The summed E-state index contributed by atoms with van der Waals surface area (Å²) in [6.45, 7) is 11.9. The van der Waals surface area contributed by atoms with Gasteiger partial charge in [-0.1, -0.05) is 13.8 Å². The number of nitriles is 1. The average molecular weight is 266 g/mol. The van der Waals surface area contributed by atoms with Crippen LogP contribution in [0.25, 0.3) is 0 Å². The lowest BCUT2D eigenvalue weighted by Gasteiger charge is -2.42. The Morgan fingerprint density at radius 2 is 2.00 bits per heavy atom. The molecule has 1 fully saturated rings. The van der Waals surface area contributed by atoms with Crippen LogP contribution >= 0.6 is 0 Å². The van der Waals surface area contributed by atoms with Crippen LogP contribution < -0.4 is 5.32 Å². The number of ether oxygens (including phenoxy) is 1. The fraction of sp³-hybridized carbons (Fsp3) is 0.867. The van der Waals surface area contributed by atoms with Crippen molar-refractivity contribution in [2.45, 2.75) is 71.9 Å². The molecule has 0 aromatic rings. The van der Waals surface area contributed by atoms with Gasteiger partial charge in [-0.05, 0) is 51.9 Å². The van der Waals surface area contributed by atoms with Gasteiger partial charge in [-0.15, -0.1) is 0 Å². The number of hydrogen-bond donors (Lipinski definition) is 1. The molecule has 1 amide bonds. The maximum atomic E-state index is 12.0. The second kappa shape index (κ2) is 5.03. The highest BCUT2D eigenvalue weighted by molar-refractivity contribution is 5.69. The Balaban J connectivity index is 2.77. The van der Waals surface area contributed by atoms with Crippen LogP contribution in [0.2, 0.25) is 0 Å². The lowest BCUT2D eigenvalue weighted by atomic mass is 9.70. The number of hydrogen-bond acceptors (Lipinski definition) is 3. The fourth-order valence-electron chi connectivity index (χ4n) is 2.82. The second-order valence-corrected chi connectivity index (χ2v) is 7.28. The molecular weight excluding hydrogens is 240 g/mol. The molecule has 0 heterocycles. The molecule has 1 rings (SSSR count). The van der Waals surface area contributed by atoms with Crippen molar-refractivity contribution in [2.75, 3.05) is 0 Å². The molecule has 4 heteroatoms. The van der Waals surface area contributed by atoms with E-state index in [-0.39, 0.29) is 17.0 Å². The highest BCUT2D eigenvalue weighted by atomic mass is 16.6. The maximum Gasteiger partial charge on any atom is 0.408 e. The Bertz CT molecular complexity index is 390. The lowest BCUT2D eigenvalue weighted by Crippen LogP contribution is -2.55. The van der Waals surface area contributed by atoms with Crippen LogP contribution in [-0.2, 0) is 4.74 Å². The summed E-state index contributed by atoms with van der Waals surface area (Å²) in [6.07, 6.45) is 2.01. The summed E-state index contributed by atoms with van der Waals surface area (Å²) in [6, 6.07) is 2.25. The SMILES string of the molecule is CC(C)(C)OC(=O)N[C@@]1(C)CC[C@@H](CC#N)C1(C)C. The summed E-state index contributed by atoms with van der Waals surface area (Å²) in [7, 11) is 0. The van der Waals surface area contributed by atoms with Gasteiger partial charge in [0.2, 0.25) is 0 Å². The number of nitrogens with zero attached hydrogens (tertiary/aromatic N) is 1. The van der Waals surface area contributed by atoms with Crippen LogP contribution in [0.4, 0.5) is 4.79 Å². The van der Waals surface area contributed by atoms with Gasteiger partial charge in [0.25, 0.3) is 0 Å². The van der Waals surface area contributed by atoms with Crippen LogP contribution in [0.1, 0.15) is 60.8 Å². The van der Waals surface area contributed by atoms with Crippen molar-refractivity contribution in [3.05, 3.63) is 0 Å². The van der Waals surface area contributed by atoms with Gasteiger partial charge in [0, 0.05) is 12.0 Å². The van der Waals surface area contributed by atoms with Crippen LogP contribution in [0.5, 0.6) is 0 Å². The largest absolute Gasteiger partial charge is 0.444 e. The second-order valence-electron chi connectivity index (χ2n) is 7.28. The van der Waals surface area contributed by atoms with Crippen LogP contribution in [0, 0.1) is 22.7 Å². The van der Waals surface area contributed by atoms with Crippen LogP contribution in [0.15, 0.2) is 0 Å². The minimum absolute atomic E-state index is 0.111. The van der Waals surface area contributed by atoms with E-state index >= 15 is 0 Å². The molecule has 1 saturated carbocycles. The molecule has 0 saturated heterocycles. The summed E-state index contributed by atoms with van der Waals surface area (Å²) in [5, 5.41) is 11.9. The van der Waals surface area contributed by atoms with Crippen molar-refractivity contribution >= 4 is 6.09 Å². The van der Waals surface area contributed by atoms with Gasteiger partial charge in [-0.25, -0.2) is 4.79 Å². The van der Waals surface area contributed by atoms with E-state index in [9.17, 15) is 4.79 Å². The molecule has 108 valence electrons. The van der Waals surface area contributed by atoms with E-state index in [1.54, 1.807) is 0 Å². The zero-order chi connectivity index (χ0) is 14.9. The quantitative estimate of drug-likeness (QED) is 0.830. The Hall–Kier alpha value is -1.24. The Kier molecular flexibility index (Phi) is 4.19. The minimum Gasteiger partial charge on any atom is -0.444 e. The van der Waals surface area contributed by atoms with E-state index in [1.807, 2.05) is 27.7 Å². The molecule has 0 unspecified atom stereocenters. The van der Waals surface area contributed by atoms with Gasteiger partial charge in [-0.2, -0.15) is 5.26 Å². The van der Waals surface area contributed by atoms with Gasteiger partial charge in [0.1, 0.15) is 5.60 Å². The first kappa shape index (κ1) is 15.8. The van der Waals surface area contributed by atoms with E-state index in [2.05, 4.69) is 25.2 Å². The van der Waals surface area contributed by atoms with Crippen molar-refractivity contribution in [1.29, 1.82) is 5.26 Å². The normalized spacial score (nSPS) is 29.6. The summed E-state index contributed by atoms with van der Waals surface area (Å²) < 4.78 is 5.34. The number of alkyl carbamates (subject to hydrolysis) is 1. The molecule has 4 nitrogen and oxygen atoms in total. The maximum absolute atomic E-state index is 12.0. The third-order valence-electron chi connectivity index (χ3n) is 4.55. The number of nitrogens with one attached hydrogen (secondary N) is 1. The predicted molar refractivity (Wildman–Crippen MR) is 74.5 cm³/mol. The van der Waals surface area contributed by atoms with Crippen molar-refractivity contribution in [1.82, 2.24) is 5.32 Å². The van der Waals surface area contributed by atoms with Crippen LogP contribution in [0.3, 0.4) is 0 Å². The van der Waals surface area contributed by atoms with E-state index in [0.717, 1.165) is 12.8 Å². The number of carbonyl (C=O) groups excluding carboxylic acids is 1. The topological polar surface area (TPSA) is 62.1 Å². The molecule has 1 aliphatic rings. The van der Waals surface area contributed by atoms with E-state index in [1.165, 1.54) is 0 Å². The third-order valence-corrected chi connectivity index (χ3v) is 4.55. The molecule has 0 aromatic heterocycles. The third kappa shape index (κ3) is 3.40. The number of amides is 1. The fourth-order valence-corrected chi connectivity index (χ4v) is 2.82. The minimum atomic E-state index is -0.491. The summed E-state index contributed by atoms with van der Waals surface area (Å²) in [5.74, 6) is 0.317. The summed E-state index contributed by atoms with van der Waals surface area (Å²) in [5.41, 5.74) is -0.925. The Morgan fingerprint density at radius 1 is 1.42 bits per heavy atom. The Labute approximate surface area is 116 Å². The molecule has 2 atom stereocenters. The number of rotatable bonds is 2. The molecule has 0 radical (unpaired) electrons. The predicted octanol–water partition coefficient (Wildman–Crippen LogP) is 3.62. The highest BCUT2D eigenvalue weighted by Gasteiger charge is 2.52. The molecule has 0 bridgehead atoms. The number of carbonyl (C=O) groups is 1. The van der Waals surface area contributed by atoms with E-state index in [0.29, 0.717) is 12.3 Å². The molecule has 0 aliphatic heterocycles. The first-order chi connectivity index (χ1) is 8.52. The highest BCUT2D eigenvalue weighted by Crippen LogP contribution is 2.51. The monoisotopic (exact) mass is 266 g/mol. The lowest BCUT2D eigenvalue weighted by molar-refractivity contribution is 0.0352.